The molecule has 2 atom stereocenters. The van der Waals surface area contributed by atoms with Crippen molar-refractivity contribution in [3.05, 3.63) is 0 Å². The average molecular weight is 317 g/mol. The number of hydrogen-bond donors (Lipinski definition) is 4. The van der Waals surface area contributed by atoms with E-state index in [9.17, 15) is 9.59 Å². The van der Waals surface area contributed by atoms with E-state index in [-0.39, 0.29) is 19.9 Å². The lowest BCUT2D eigenvalue weighted by molar-refractivity contribution is -0.129. The molecule has 0 aromatic rings. The Labute approximate surface area is 128 Å². The van der Waals surface area contributed by atoms with Crippen LogP contribution in [0.25, 0.3) is 0 Å². The van der Waals surface area contributed by atoms with Crippen molar-refractivity contribution in [2.24, 2.45) is 22.4 Å². The predicted octanol–water partition coefficient (Wildman–Crippen LogP) is 0.344. The molecule has 8 heteroatoms. The minimum atomic E-state index is -0.592. The number of amides is 2. The molecular weight excluding hydrogens is 289 g/mol. The number of nitrogens with two attached hydrogens (primary N) is 2. The highest BCUT2D eigenvalue weighted by Crippen LogP contribution is 2.15. The lowest BCUT2D eigenvalue weighted by Gasteiger charge is -2.17. The topological polar surface area (TPSA) is 123 Å². The molecule has 0 rings (SSSR count). The molecule has 2 amide bonds. The van der Waals surface area contributed by atoms with E-state index in [1.54, 1.807) is 6.92 Å². The molecule has 0 radical (unpaired) electrons. The standard InChI is InChI=1S/C13H28N5O2P/c1-5-10(11(14)19)17-12(20)9(2)7-6-8-16-13(15)18-21(3)4/h9-10H,5-8H2,1-4H3,(H2,14,19)(H,17,20)(H3,15,16,18)/t9-,10-/m0/s1. The third-order valence-electron chi connectivity index (χ3n) is 2.93. The minimum Gasteiger partial charge on any atom is -0.370 e. The van der Waals surface area contributed by atoms with Gasteiger partial charge in [0.05, 0.1) is 0 Å². The summed E-state index contributed by atoms with van der Waals surface area (Å²) in [5.41, 5.74) is 10.9. The summed E-state index contributed by atoms with van der Waals surface area (Å²) in [6.45, 7) is 8.31. The Morgan fingerprint density at radius 2 is 1.90 bits per heavy atom. The van der Waals surface area contributed by atoms with Gasteiger partial charge in [-0.05, 0) is 40.7 Å². The molecular formula is C13H28N5O2P. The molecule has 0 unspecified atom stereocenters. The number of rotatable bonds is 9. The van der Waals surface area contributed by atoms with E-state index in [4.69, 9.17) is 11.5 Å². The fraction of sp³-hybridized carbons (Fsp3) is 0.769. The Morgan fingerprint density at radius 1 is 1.29 bits per heavy atom. The molecule has 122 valence electrons. The number of guanidine groups is 1. The van der Waals surface area contributed by atoms with Gasteiger partial charge in [0.15, 0.2) is 5.96 Å². The molecule has 21 heavy (non-hydrogen) atoms. The molecule has 0 spiro atoms. The van der Waals surface area contributed by atoms with Crippen molar-refractivity contribution >= 4 is 25.8 Å². The first kappa shape index (κ1) is 19.6. The minimum absolute atomic E-state index is 0.152. The maximum atomic E-state index is 11.9. The fourth-order valence-electron chi connectivity index (χ4n) is 1.68. The summed E-state index contributed by atoms with van der Waals surface area (Å²) in [5, 5.41) is 5.72. The van der Waals surface area contributed by atoms with Crippen LogP contribution in [0, 0.1) is 5.92 Å². The normalized spacial score (nSPS) is 14.6. The van der Waals surface area contributed by atoms with Crippen molar-refractivity contribution in [1.29, 1.82) is 0 Å². The zero-order chi connectivity index (χ0) is 16.4. The van der Waals surface area contributed by atoms with Crippen LogP contribution >= 0.6 is 8.07 Å². The largest absolute Gasteiger partial charge is 0.370 e. The number of carbonyl (C=O) groups excluding carboxylic acids is 2. The van der Waals surface area contributed by atoms with Crippen LogP contribution in [0.15, 0.2) is 4.99 Å². The Hall–Kier alpha value is -1.36. The number of carbonyl (C=O) groups is 2. The van der Waals surface area contributed by atoms with Crippen LogP contribution in [0.3, 0.4) is 0 Å². The number of primary amides is 1. The van der Waals surface area contributed by atoms with Gasteiger partial charge in [-0.25, -0.2) is 0 Å². The summed E-state index contributed by atoms with van der Waals surface area (Å²) in [7, 11) is -0.315. The summed E-state index contributed by atoms with van der Waals surface area (Å²) in [4.78, 5) is 27.2. The molecule has 0 aliphatic carbocycles. The quantitative estimate of drug-likeness (QED) is 0.212. The van der Waals surface area contributed by atoms with Crippen molar-refractivity contribution in [3.8, 4) is 0 Å². The lowest BCUT2D eigenvalue weighted by atomic mass is 10.0. The summed E-state index contributed by atoms with van der Waals surface area (Å²) in [6.07, 6.45) is 1.94. The maximum absolute atomic E-state index is 11.9. The Morgan fingerprint density at radius 3 is 2.38 bits per heavy atom. The molecule has 6 N–H and O–H groups in total. The van der Waals surface area contributed by atoms with Gasteiger partial charge in [-0.15, -0.1) is 0 Å². The first-order valence-electron chi connectivity index (χ1n) is 7.11. The number of hydrogen-bond acceptors (Lipinski definition) is 3. The van der Waals surface area contributed by atoms with Crippen LogP contribution in [-0.4, -0.2) is 43.7 Å². The van der Waals surface area contributed by atoms with Gasteiger partial charge in [0.25, 0.3) is 0 Å². The van der Waals surface area contributed by atoms with E-state index >= 15 is 0 Å². The first-order chi connectivity index (χ1) is 9.77. The SMILES string of the molecule is CC[C@H](NC(=O)[C@@H](C)CCCN=C(N)NP(C)C)C(N)=O. The molecule has 0 saturated heterocycles. The molecule has 0 fully saturated rings. The summed E-state index contributed by atoms with van der Waals surface area (Å²) in [6, 6.07) is -0.592. The highest BCUT2D eigenvalue weighted by atomic mass is 31.1. The van der Waals surface area contributed by atoms with Crippen molar-refractivity contribution < 1.29 is 9.59 Å². The Balaban J connectivity index is 4.06. The predicted molar refractivity (Wildman–Crippen MR) is 88.2 cm³/mol. The van der Waals surface area contributed by atoms with E-state index in [1.807, 2.05) is 20.3 Å². The summed E-state index contributed by atoms with van der Waals surface area (Å²) < 4.78 is 0. The molecule has 7 nitrogen and oxygen atoms in total. The monoisotopic (exact) mass is 317 g/mol. The van der Waals surface area contributed by atoms with Gasteiger partial charge in [0.2, 0.25) is 11.8 Å². The fourth-order valence-corrected chi connectivity index (χ4v) is 2.21. The van der Waals surface area contributed by atoms with Crippen molar-refractivity contribution in [2.45, 2.75) is 39.2 Å². The van der Waals surface area contributed by atoms with E-state index in [2.05, 4.69) is 15.4 Å². The smallest absolute Gasteiger partial charge is 0.239 e. The highest BCUT2D eigenvalue weighted by molar-refractivity contribution is 7.54. The van der Waals surface area contributed by atoms with Gasteiger partial charge in [-0.3, -0.25) is 14.6 Å². The Kier molecular flexibility index (Phi) is 9.71. The van der Waals surface area contributed by atoms with Gasteiger partial charge in [0, 0.05) is 12.5 Å². The van der Waals surface area contributed by atoms with Crippen LogP contribution in [0.1, 0.15) is 33.1 Å². The lowest BCUT2D eigenvalue weighted by Crippen LogP contribution is -2.45. The maximum Gasteiger partial charge on any atom is 0.239 e. The van der Waals surface area contributed by atoms with Gasteiger partial charge < -0.3 is 21.9 Å². The van der Waals surface area contributed by atoms with E-state index in [0.717, 1.165) is 6.42 Å². The number of aliphatic imine (C=N–C) groups is 1. The van der Waals surface area contributed by atoms with Crippen molar-refractivity contribution in [3.63, 3.8) is 0 Å². The zero-order valence-corrected chi connectivity index (χ0v) is 14.2. The third kappa shape index (κ3) is 9.24. The van der Waals surface area contributed by atoms with Crippen LogP contribution in [0.5, 0.6) is 0 Å². The van der Waals surface area contributed by atoms with Gasteiger partial charge >= 0.3 is 0 Å². The average Bonchev–Trinajstić information content (AvgIpc) is 2.39. The van der Waals surface area contributed by atoms with E-state index in [1.165, 1.54) is 0 Å². The van der Waals surface area contributed by atoms with Crippen LogP contribution in [0.2, 0.25) is 0 Å². The van der Waals surface area contributed by atoms with Gasteiger partial charge in [0.1, 0.15) is 6.04 Å². The second kappa shape index (κ2) is 10.4. The van der Waals surface area contributed by atoms with Gasteiger partial charge in [-0.1, -0.05) is 13.8 Å². The molecule has 0 aliphatic heterocycles. The molecule has 0 aliphatic rings. The van der Waals surface area contributed by atoms with Gasteiger partial charge in [-0.2, -0.15) is 0 Å². The van der Waals surface area contributed by atoms with Crippen molar-refractivity contribution in [2.75, 3.05) is 19.9 Å². The number of nitrogens with one attached hydrogen (secondary N) is 2. The first-order valence-corrected chi connectivity index (χ1v) is 9.35. The number of nitrogens with zero attached hydrogens (tertiary/aromatic N) is 1. The second-order valence-electron chi connectivity index (χ2n) is 5.19. The highest BCUT2D eigenvalue weighted by Gasteiger charge is 2.19. The molecule has 0 aromatic carbocycles. The third-order valence-corrected chi connectivity index (χ3v) is 3.61. The Bertz CT molecular complexity index is 374. The summed E-state index contributed by atoms with van der Waals surface area (Å²) >= 11 is 0. The molecule has 0 bridgehead atoms. The van der Waals surface area contributed by atoms with E-state index < -0.39 is 11.9 Å². The van der Waals surface area contributed by atoms with Crippen LogP contribution < -0.4 is 21.9 Å². The molecule has 0 heterocycles. The second-order valence-corrected chi connectivity index (χ2v) is 7.20. The van der Waals surface area contributed by atoms with Crippen LogP contribution in [0.4, 0.5) is 0 Å². The molecule has 0 saturated carbocycles. The van der Waals surface area contributed by atoms with Crippen LogP contribution in [-0.2, 0) is 9.59 Å². The van der Waals surface area contributed by atoms with E-state index in [0.29, 0.717) is 25.3 Å². The molecule has 0 aromatic heterocycles. The van der Waals surface area contributed by atoms with Crippen molar-refractivity contribution in [1.82, 2.24) is 10.4 Å². The summed E-state index contributed by atoms with van der Waals surface area (Å²) in [5.74, 6) is -0.390. The zero-order valence-electron chi connectivity index (χ0n) is 13.3.